The van der Waals surface area contributed by atoms with Gasteiger partial charge < -0.3 is 19.7 Å². The van der Waals surface area contributed by atoms with Crippen LogP contribution in [0.4, 0.5) is 9.59 Å². The lowest BCUT2D eigenvalue weighted by atomic mass is 9.84. The summed E-state index contributed by atoms with van der Waals surface area (Å²) in [4.78, 5) is 51.3. The van der Waals surface area contributed by atoms with Gasteiger partial charge in [-0.05, 0) is 108 Å². The molecule has 0 saturated carbocycles. The van der Waals surface area contributed by atoms with Crippen molar-refractivity contribution in [3.8, 4) is 0 Å². The molecule has 0 bridgehead atoms. The van der Waals surface area contributed by atoms with Crippen LogP contribution in [0.15, 0.2) is 61.7 Å². The summed E-state index contributed by atoms with van der Waals surface area (Å²) in [6.45, 7) is 22.1. The van der Waals surface area contributed by atoms with Crippen LogP contribution in [0, 0.1) is 0 Å². The van der Waals surface area contributed by atoms with E-state index in [1.165, 1.54) is 18.7 Å². The van der Waals surface area contributed by atoms with E-state index in [1.54, 1.807) is 94.2 Å². The Hall–Kier alpha value is -2.29. The molecule has 2 rings (SSSR count). The van der Waals surface area contributed by atoms with E-state index in [1.807, 2.05) is 33.9 Å². The van der Waals surface area contributed by atoms with Crippen LogP contribution in [0.1, 0.15) is 79.4 Å². The zero-order valence-corrected chi connectivity index (χ0v) is 40.8. The molecule has 3 amide bonds. The number of hydrogen-bond donors (Lipinski definition) is 1. The largest absolute Gasteiger partial charge is 0.444 e. The van der Waals surface area contributed by atoms with E-state index in [2.05, 4.69) is 30.1 Å². The Morgan fingerprint density at radius 2 is 1.02 bits per heavy atom. The predicted molar refractivity (Wildman–Crippen MR) is 248 cm³/mol. The van der Waals surface area contributed by atoms with Gasteiger partial charge in [0.25, 0.3) is 0 Å². The van der Waals surface area contributed by atoms with Gasteiger partial charge in [-0.1, -0.05) is 70.7 Å². The smallest absolute Gasteiger partial charge is 0.410 e. The lowest BCUT2D eigenvalue weighted by molar-refractivity contribution is -0.129. The number of likely N-dealkylation sites (N-methyl/N-ethyl adjacent to an activating group) is 4. The third-order valence-corrected chi connectivity index (χ3v) is 9.48. The minimum Gasteiger partial charge on any atom is -0.444 e. The average Bonchev–Trinajstić information content (AvgIpc) is 3.04. The predicted octanol–water partition coefficient (Wildman–Crippen LogP) is 11.0. The molecule has 2 atom stereocenters. The topological polar surface area (TPSA) is 108 Å². The first kappa shape index (κ1) is 59.0. The fourth-order valence-corrected chi connectivity index (χ4v) is 5.90. The summed E-state index contributed by atoms with van der Waals surface area (Å²) >= 11 is 29.2. The molecule has 1 N–H and O–H groups in total. The molecule has 0 aliphatic rings. The molecular weight excluding hydrogens is 874 g/mol. The SMILES string of the molecule is C=CC[C@@](CN(C)C(C)=O)(c1ccc(Cl)c(Cl)c1)N(C)C(=O)OC(C)(C)C.C=CC[C@@](CNC)(c1ccc(Cl)c(Cl)c1)N(C)C(=O)OC(C)(C)C.CC(=O)Cl.S.S. The first-order valence-electron chi connectivity index (χ1n) is 17.2. The number of hydrogen-bond acceptors (Lipinski definition) is 7. The van der Waals surface area contributed by atoms with Crippen LogP contribution in [-0.2, 0) is 30.1 Å². The maximum atomic E-state index is 12.9. The number of carbonyl (C=O) groups is 4. The van der Waals surface area contributed by atoms with E-state index in [-0.39, 0.29) is 44.7 Å². The number of nitrogens with zero attached hydrogens (tertiary/aromatic N) is 3. The van der Waals surface area contributed by atoms with Crippen LogP contribution in [0.25, 0.3) is 0 Å². The second-order valence-electron chi connectivity index (χ2n) is 14.8. The number of ether oxygens (including phenoxy) is 2. The molecule has 10 nitrogen and oxygen atoms in total. The molecule has 0 radical (unpaired) electrons. The molecule has 0 aliphatic heterocycles. The zero-order valence-electron chi connectivity index (χ0n) is 35.0. The van der Waals surface area contributed by atoms with Crippen molar-refractivity contribution in [3.05, 3.63) is 92.9 Å². The summed E-state index contributed by atoms with van der Waals surface area (Å²) in [6, 6.07) is 10.6. The van der Waals surface area contributed by atoms with Crippen molar-refractivity contribution >= 4 is 108 Å². The number of amides is 3. The minimum atomic E-state index is -0.918. The van der Waals surface area contributed by atoms with Gasteiger partial charge in [-0.3, -0.25) is 19.4 Å². The molecule has 57 heavy (non-hydrogen) atoms. The van der Waals surface area contributed by atoms with Crippen LogP contribution in [-0.4, -0.2) is 90.5 Å². The Morgan fingerprint density at radius 3 is 1.32 bits per heavy atom. The van der Waals surface area contributed by atoms with E-state index in [0.29, 0.717) is 39.5 Å². The van der Waals surface area contributed by atoms with Gasteiger partial charge in [0.2, 0.25) is 11.1 Å². The molecule has 0 saturated heterocycles. The number of benzene rings is 2. The summed E-state index contributed by atoms with van der Waals surface area (Å²) in [7, 11) is 6.88. The summed E-state index contributed by atoms with van der Waals surface area (Å²) < 4.78 is 11.1. The molecule has 0 unspecified atom stereocenters. The summed E-state index contributed by atoms with van der Waals surface area (Å²) in [5.74, 6) is -0.124. The molecule has 0 heterocycles. The van der Waals surface area contributed by atoms with Gasteiger partial charge in [0.05, 0.1) is 31.2 Å². The van der Waals surface area contributed by atoms with Crippen molar-refractivity contribution in [1.29, 1.82) is 0 Å². The van der Waals surface area contributed by atoms with Gasteiger partial charge in [-0.25, -0.2) is 9.59 Å². The maximum Gasteiger partial charge on any atom is 0.410 e. The van der Waals surface area contributed by atoms with Gasteiger partial charge >= 0.3 is 12.2 Å². The van der Waals surface area contributed by atoms with Gasteiger partial charge in [0, 0.05) is 48.1 Å². The van der Waals surface area contributed by atoms with Crippen molar-refractivity contribution in [2.75, 3.05) is 41.3 Å². The normalized spacial score (nSPS) is 12.7. The van der Waals surface area contributed by atoms with Crippen LogP contribution >= 0.6 is 85.0 Å². The highest BCUT2D eigenvalue weighted by Gasteiger charge is 2.42. The number of rotatable bonds is 12. The van der Waals surface area contributed by atoms with E-state index >= 15 is 0 Å². The Morgan fingerprint density at radius 1 is 0.684 bits per heavy atom. The molecule has 2 aromatic rings. The fourth-order valence-electron chi connectivity index (χ4n) is 5.31. The zero-order chi connectivity index (χ0) is 43.1. The fraction of sp³-hybridized carbons (Fsp3) is 0.500. The van der Waals surface area contributed by atoms with Crippen molar-refractivity contribution in [2.24, 2.45) is 0 Å². The van der Waals surface area contributed by atoms with Crippen LogP contribution in [0.2, 0.25) is 20.1 Å². The highest BCUT2D eigenvalue weighted by molar-refractivity contribution is 7.59. The molecule has 2 aromatic carbocycles. The lowest BCUT2D eigenvalue weighted by Gasteiger charge is -2.44. The molecule has 0 aliphatic carbocycles. The molecule has 0 spiro atoms. The van der Waals surface area contributed by atoms with E-state index in [9.17, 15) is 19.2 Å². The van der Waals surface area contributed by atoms with Gasteiger partial charge in [0.15, 0.2) is 0 Å². The second kappa shape index (κ2) is 26.0. The summed E-state index contributed by atoms with van der Waals surface area (Å²) in [5, 5.41) is 4.48. The standard InChI is InChI=1S/C20H28Cl2N2O3.C18H26Cl2N2O2.C2H3ClO.2H2S/c1-8-11-20(13-23(6)14(2)25,15-9-10-16(21)17(22)12-15)24(7)18(26)27-19(3,4)5;1-7-10-18(12-21-5,13-8-9-14(19)15(20)11-13)22(6)16(23)24-17(2,3)4;1-2(3)4;;/h8-10,12H,1,11,13H2,2-7H3;7-9,11,21H,1,10,12H2,2-6H3;1H3;2*1H2/t20-;18-;;;/m11.../s1. The molecule has 0 fully saturated rings. The Labute approximate surface area is 379 Å². The van der Waals surface area contributed by atoms with Crippen molar-refractivity contribution in [1.82, 2.24) is 20.0 Å². The third kappa shape index (κ3) is 19.1. The van der Waals surface area contributed by atoms with Crippen LogP contribution < -0.4 is 5.32 Å². The molecule has 0 aromatic heterocycles. The summed E-state index contributed by atoms with van der Waals surface area (Å²) in [5.41, 5.74) is -1.25. The highest BCUT2D eigenvalue weighted by atomic mass is 35.5. The first-order chi connectivity index (χ1) is 25.1. The third-order valence-electron chi connectivity index (χ3n) is 8.00. The summed E-state index contributed by atoms with van der Waals surface area (Å²) in [6.07, 6.45) is 3.48. The number of nitrogens with one attached hydrogen (secondary N) is 1. The Kier molecular flexibility index (Phi) is 27.0. The van der Waals surface area contributed by atoms with Gasteiger partial charge in [-0.2, -0.15) is 27.0 Å². The highest BCUT2D eigenvalue weighted by Crippen LogP contribution is 2.38. The quantitative estimate of drug-likeness (QED) is 0.167. The monoisotopic (exact) mass is 932 g/mol. The first-order valence-corrected chi connectivity index (χ1v) is 19.1. The van der Waals surface area contributed by atoms with Crippen LogP contribution in [0.5, 0.6) is 0 Å². The number of carbonyl (C=O) groups excluding carboxylic acids is 4. The second-order valence-corrected chi connectivity index (χ2v) is 16.9. The van der Waals surface area contributed by atoms with Crippen molar-refractivity contribution < 1.29 is 28.7 Å². The lowest BCUT2D eigenvalue weighted by Crippen LogP contribution is -2.54. The van der Waals surface area contributed by atoms with E-state index in [0.717, 1.165) is 11.1 Å². The van der Waals surface area contributed by atoms with E-state index < -0.39 is 34.5 Å². The maximum absolute atomic E-state index is 12.9. The number of halogens is 5. The van der Waals surface area contributed by atoms with Crippen molar-refractivity contribution in [2.45, 2.75) is 90.5 Å². The van der Waals surface area contributed by atoms with Crippen LogP contribution in [0.3, 0.4) is 0 Å². The Bertz CT molecular complexity index is 1650. The van der Waals surface area contributed by atoms with E-state index in [4.69, 9.17) is 55.9 Å². The molecule has 324 valence electrons. The molecular formula is C40H61Cl5N4O6S2. The van der Waals surface area contributed by atoms with Gasteiger partial charge in [-0.15, -0.1) is 13.2 Å². The Balaban J connectivity index is -0.000000909. The average molecular weight is 935 g/mol. The minimum absolute atomic E-state index is 0. The van der Waals surface area contributed by atoms with Crippen molar-refractivity contribution in [3.63, 3.8) is 0 Å². The molecule has 17 heteroatoms. The van der Waals surface area contributed by atoms with Gasteiger partial charge in [0.1, 0.15) is 11.2 Å².